The van der Waals surface area contributed by atoms with Crippen LogP contribution >= 0.6 is 0 Å². The van der Waals surface area contributed by atoms with Crippen LogP contribution in [0.1, 0.15) is 83.9 Å². The molecule has 0 N–H and O–H groups in total. The van der Waals surface area contributed by atoms with E-state index in [2.05, 4.69) is 54.5 Å². The molecular formula is C19H31F. The van der Waals surface area contributed by atoms with E-state index < -0.39 is 0 Å². The Labute approximate surface area is 124 Å². The molecule has 0 heterocycles. The third-order valence-electron chi connectivity index (χ3n) is 5.71. The van der Waals surface area contributed by atoms with Crippen molar-refractivity contribution in [3.8, 4) is 0 Å². The Morgan fingerprint density at radius 2 is 1.30 bits per heavy atom. The maximum absolute atomic E-state index is 14.8. The van der Waals surface area contributed by atoms with E-state index >= 15 is 0 Å². The van der Waals surface area contributed by atoms with E-state index in [0.29, 0.717) is 0 Å². The highest BCUT2D eigenvalue weighted by atomic mass is 19.1. The molecule has 20 heavy (non-hydrogen) atoms. The minimum Gasteiger partial charge on any atom is -0.207 e. The second kappa shape index (κ2) is 6.28. The van der Waals surface area contributed by atoms with Gasteiger partial charge in [0, 0.05) is 0 Å². The first kappa shape index (κ1) is 17.2. The fourth-order valence-corrected chi connectivity index (χ4v) is 3.12. The van der Waals surface area contributed by atoms with Crippen LogP contribution in [-0.2, 0) is 10.8 Å². The highest BCUT2D eigenvalue weighted by Gasteiger charge is 2.30. The molecule has 1 aromatic rings. The SMILES string of the molecule is CCC(C)(CC)c1cc(C)c(C(C)(CC)CC)c(F)c1. The summed E-state index contributed by atoms with van der Waals surface area (Å²) in [6.07, 6.45) is 4.03. The summed E-state index contributed by atoms with van der Waals surface area (Å²) in [4.78, 5) is 0. The topological polar surface area (TPSA) is 0 Å². The molecule has 0 atom stereocenters. The lowest BCUT2D eigenvalue weighted by atomic mass is 9.72. The average molecular weight is 278 g/mol. The van der Waals surface area contributed by atoms with Crippen LogP contribution in [0.3, 0.4) is 0 Å². The Bertz CT molecular complexity index is 428. The van der Waals surface area contributed by atoms with Crippen LogP contribution in [0, 0.1) is 12.7 Å². The Morgan fingerprint density at radius 1 is 0.850 bits per heavy atom. The van der Waals surface area contributed by atoms with Gasteiger partial charge >= 0.3 is 0 Å². The number of halogens is 1. The van der Waals surface area contributed by atoms with Gasteiger partial charge in [0.2, 0.25) is 0 Å². The Kier molecular flexibility index (Phi) is 5.40. The van der Waals surface area contributed by atoms with Crippen molar-refractivity contribution in [2.24, 2.45) is 0 Å². The lowest BCUT2D eigenvalue weighted by molar-refractivity contribution is 0.405. The van der Waals surface area contributed by atoms with Gasteiger partial charge < -0.3 is 0 Å². The van der Waals surface area contributed by atoms with Crippen LogP contribution in [0.15, 0.2) is 12.1 Å². The van der Waals surface area contributed by atoms with Gasteiger partial charge in [0.25, 0.3) is 0 Å². The van der Waals surface area contributed by atoms with Crippen molar-refractivity contribution in [1.82, 2.24) is 0 Å². The van der Waals surface area contributed by atoms with Crippen molar-refractivity contribution in [2.45, 2.75) is 85.0 Å². The van der Waals surface area contributed by atoms with E-state index in [4.69, 9.17) is 0 Å². The summed E-state index contributed by atoms with van der Waals surface area (Å²) in [7, 11) is 0. The number of aryl methyl sites for hydroxylation is 1. The number of hydrogen-bond acceptors (Lipinski definition) is 0. The second-order valence-corrected chi connectivity index (χ2v) is 6.69. The molecule has 0 saturated carbocycles. The summed E-state index contributed by atoms with van der Waals surface area (Å²) in [6.45, 7) is 15.2. The van der Waals surface area contributed by atoms with Crippen molar-refractivity contribution < 1.29 is 4.39 Å². The minimum absolute atomic E-state index is 0.0145. The van der Waals surface area contributed by atoms with E-state index in [1.165, 1.54) is 0 Å². The largest absolute Gasteiger partial charge is 0.207 e. The number of benzene rings is 1. The zero-order valence-electron chi connectivity index (χ0n) is 14.4. The molecule has 1 aromatic carbocycles. The third-order valence-corrected chi connectivity index (χ3v) is 5.71. The van der Waals surface area contributed by atoms with E-state index in [1.807, 2.05) is 0 Å². The first-order valence-electron chi connectivity index (χ1n) is 8.09. The molecular weight excluding hydrogens is 247 g/mol. The number of hydrogen-bond donors (Lipinski definition) is 0. The van der Waals surface area contributed by atoms with Crippen LogP contribution in [0.25, 0.3) is 0 Å². The molecule has 1 heteroatoms. The minimum atomic E-state index is -0.0540. The molecule has 0 aliphatic carbocycles. The summed E-state index contributed by atoms with van der Waals surface area (Å²) >= 11 is 0. The summed E-state index contributed by atoms with van der Waals surface area (Å²) in [5.41, 5.74) is 3.21. The Hall–Kier alpha value is -0.850. The molecule has 1 rings (SSSR count). The normalized spacial score (nSPS) is 12.8. The fraction of sp³-hybridized carbons (Fsp3) is 0.684. The van der Waals surface area contributed by atoms with Gasteiger partial charge in [0.15, 0.2) is 0 Å². The molecule has 0 aliphatic heterocycles. The summed E-state index contributed by atoms with van der Waals surface area (Å²) in [5, 5.41) is 0. The molecule has 0 spiro atoms. The lowest BCUT2D eigenvalue weighted by Gasteiger charge is -2.33. The van der Waals surface area contributed by atoms with Crippen LogP contribution in [0.4, 0.5) is 4.39 Å². The van der Waals surface area contributed by atoms with Crippen molar-refractivity contribution in [2.75, 3.05) is 0 Å². The van der Waals surface area contributed by atoms with Gasteiger partial charge in [-0.05, 0) is 66.2 Å². The average Bonchev–Trinajstić information content (AvgIpc) is 2.45. The van der Waals surface area contributed by atoms with Crippen molar-refractivity contribution in [3.05, 3.63) is 34.6 Å². The predicted octanol–water partition coefficient (Wildman–Crippen LogP) is 6.29. The maximum Gasteiger partial charge on any atom is 0.127 e. The van der Waals surface area contributed by atoms with Crippen molar-refractivity contribution in [3.63, 3.8) is 0 Å². The highest BCUT2D eigenvalue weighted by molar-refractivity contribution is 5.40. The van der Waals surface area contributed by atoms with Crippen LogP contribution in [0.2, 0.25) is 0 Å². The molecule has 0 nitrogen and oxygen atoms in total. The summed E-state index contributed by atoms with van der Waals surface area (Å²) in [5.74, 6) is -0.0145. The van der Waals surface area contributed by atoms with Crippen molar-refractivity contribution >= 4 is 0 Å². The first-order chi connectivity index (χ1) is 9.27. The number of rotatable bonds is 6. The standard InChI is InChI=1S/C19H31F/c1-8-18(6,9-2)15-12-14(5)17(16(20)13-15)19(7,10-3)11-4/h12-13H,8-11H2,1-7H3. The predicted molar refractivity (Wildman–Crippen MR) is 87.0 cm³/mol. The van der Waals surface area contributed by atoms with Gasteiger partial charge in [-0.2, -0.15) is 0 Å². The van der Waals surface area contributed by atoms with Gasteiger partial charge in [-0.3, -0.25) is 0 Å². The molecule has 0 aromatic heterocycles. The summed E-state index contributed by atoms with van der Waals surface area (Å²) in [6, 6.07) is 4.01. The fourth-order valence-electron chi connectivity index (χ4n) is 3.12. The molecule has 0 amide bonds. The zero-order valence-corrected chi connectivity index (χ0v) is 14.4. The van der Waals surface area contributed by atoms with E-state index in [9.17, 15) is 4.39 Å². The molecule has 0 saturated heterocycles. The van der Waals surface area contributed by atoms with Crippen LogP contribution in [-0.4, -0.2) is 0 Å². The second-order valence-electron chi connectivity index (χ2n) is 6.69. The molecule has 0 bridgehead atoms. The van der Waals surface area contributed by atoms with Gasteiger partial charge in [-0.25, -0.2) is 4.39 Å². The van der Waals surface area contributed by atoms with E-state index in [0.717, 1.165) is 42.4 Å². The first-order valence-corrected chi connectivity index (χ1v) is 8.09. The monoisotopic (exact) mass is 278 g/mol. The van der Waals surface area contributed by atoms with Gasteiger partial charge in [0.1, 0.15) is 5.82 Å². The van der Waals surface area contributed by atoms with E-state index in [1.54, 1.807) is 6.07 Å². The maximum atomic E-state index is 14.8. The van der Waals surface area contributed by atoms with Gasteiger partial charge in [-0.1, -0.05) is 47.6 Å². The van der Waals surface area contributed by atoms with Crippen LogP contribution < -0.4 is 0 Å². The molecule has 114 valence electrons. The van der Waals surface area contributed by atoms with Crippen LogP contribution in [0.5, 0.6) is 0 Å². The Balaban J connectivity index is 3.43. The lowest BCUT2D eigenvalue weighted by Crippen LogP contribution is -2.25. The quantitative estimate of drug-likeness (QED) is 0.573. The zero-order chi connectivity index (χ0) is 15.6. The molecule has 0 aliphatic rings. The third kappa shape index (κ3) is 2.92. The molecule has 0 radical (unpaired) electrons. The van der Waals surface area contributed by atoms with Gasteiger partial charge in [-0.15, -0.1) is 0 Å². The summed E-state index contributed by atoms with van der Waals surface area (Å²) < 4.78 is 14.8. The smallest absolute Gasteiger partial charge is 0.127 e. The molecule has 0 fully saturated rings. The molecule has 0 unspecified atom stereocenters. The van der Waals surface area contributed by atoms with Crippen molar-refractivity contribution in [1.29, 1.82) is 0 Å². The van der Waals surface area contributed by atoms with Gasteiger partial charge in [0.05, 0.1) is 0 Å². The van der Waals surface area contributed by atoms with E-state index in [-0.39, 0.29) is 16.6 Å². The highest BCUT2D eigenvalue weighted by Crippen LogP contribution is 2.39. The Morgan fingerprint density at radius 3 is 1.65 bits per heavy atom.